The van der Waals surface area contributed by atoms with Crippen molar-refractivity contribution in [2.24, 2.45) is 0 Å². The zero-order chi connectivity index (χ0) is 13.5. The third kappa shape index (κ3) is 3.76. The van der Waals surface area contributed by atoms with Gasteiger partial charge in [-0.25, -0.2) is 14.6 Å². The van der Waals surface area contributed by atoms with Gasteiger partial charge in [-0.3, -0.25) is 0 Å². The molecule has 0 fully saturated rings. The minimum absolute atomic E-state index is 0.259. The van der Waals surface area contributed by atoms with E-state index in [0.717, 1.165) is 6.54 Å². The molecule has 0 aliphatic carbocycles. The number of nitrogens with zero attached hydrogens (tertiary/aromatic N) is 2. The van der Waals surface area contributed by atoms with Gasteiger partial charge in [-0.15, -0.1) is 0 Å². The van der Waals surface area contributed by atoms with Crippen LogP contribution in [0.4, 0.5) is 4.79 Å². The second kappa shape index (κ2) is 6.63. The van der Waals surface area contributed by atoms with Crippen molar-refractivity contribution in [3.63, 3.8) is 0 Å². The topological polar surface area (TPSA) is 82.5 Å². The van der Waals surface area contributed by atoms with Gasteiger partial charge in [-0.05, 0) is 6.92 Å². The fraction of sp³-hybridized carbons (Fsp3) is 0.545. The number of aromatic nitrogens is 2. The Morgan fingerprint density at radius 3 is 2.67 bits per heavy atom. The van der Waals surface area contributed by atoms with Crippen LogP contribution in [-0.2, 0) is 27.2 Å². The van der Waals surface area contributed by atoms with Crippen molar-refractivity contribution in [2.45, 2.75) is 25.9 Å². The summed E-state index contributed by atoms with van der Waals surface area (Å²) in [6.07, 6.45) is 3.06. The number of hydrogen-bond acceptors (Lipinski definition) is 5. The molecular weight excluding hydrogens is 238 g/mol. The lowest BCUT2D eigenvalue weighted by Crippen LogP contribution is -2.43. The summed E-state index contributed by atoms with van der Waals surface area (Å²) in [6.45, 7) is 2.77. The molecule has 100 valence electrons. The van der Waals surface area contributed by atoms with E-state index in [0.29, 0.717) is 5.69 Å². The summed E-state index contributed by atoms with van der Waals surface area (Å²) >= 11 is 0. The SMILES string of the molecule is CCn1cnc(CC(NC(=O)OC)C(=O)OC)c1. The molecule has 0 saturated heterocycles. The van der Waals surface area contributed by atoms with E-state index < -0.39 is 18.1 Å². The molecular formula is C11H17N3O4. The van der Waals surface area contributed by atoms with Crippen LogP contribution < -0.4 is 5.32 Å². The van der Waals surface area contributed by atoms with Crippen molar-refractivity contribution in [1.29, 1.82) is 0 Å². The first kappa shape index (κ1) is 14.0. The van der Waals surface area contributed by atoms with Crippen molar-refractivity contribution in [2.75, 3.05) is 14.2 Å². The monoisotopic (exact) mass is 255 g/mol. The Hall–Kier alpha value is -2.05. The van der Waals surface area contributed by atoms with Gasteiger partial charge in [-0.2, -0.15) is 0 Å². The van der Waals surface area contributed by atoms with Gasteiger partial charge < -0.3 is 19.4 Å². The molecule has 0 aliphatic heterocycles. The van der Waals surface area contributed by atoms with Gasteiger partial charge in [-0.1, -0.05) is 0 Å². The average Bonchev–Trinajstić information content (AvgIpc) is 2.84. The van der Waals surface area contributed by atoms with E-state index in [4.69, 9.17) is 0 Å². The number of nitrogens with one attached hydrogen (secondary N) is 1. The molecule has 1 amide bonds. The maximum Gasteiger partial charge on any atom is 0.407 e. The van der Waals surface area contributed by atoms with Crippen LogP contribution in [0, 0.1) is 0 Å². The predicted octanol–water partition coefficient (Wildman–Crippen LogP) is 0.343. The summed E-state index contributed by atoms with van der Waals surface area (Å²) < 4.78 is 11.0. The van der Waals surface area contributed by atoms with Crippen molar-refractivity contribution < 1.29 is 19.1 Å². The van der Waals surface area contributed by atoms with Crippen LogP contribution in [0.25, 0.3) is 0 Å². The molecule has 1 aromatic heterocycles. The standard InChI is InChI=1S/C11H17N3O4/c1-4-14-6-8(12-7-14)5-9(10(15)17-2)13-11(16)18-3/h6-7,9H,4-5H2,1-3H3,(H,13,16). The summed E-state index contributed by atoms with van der Waals surface area (Å²) in [6, 6.07) is -0.803. The Morgan fingerprint density at radius 2 is 2.17 bits per heavy atom. The van der Waals surface area contributed by atoms with Crippen molar-refractivity contribution in [3.8, 4) is 0 Å². The molecule has 1 aromatic rings. The largest absolute Gasteiger partial charge is 0.467 e. The van der Waals surface area contributed by atoms with Crippen LogP contribution in [0.1, 0.15) is 12.6 Å². The molecule has 0 spiro atoms. The summed E-state index contributed by atoms with van der Waals surface area (Å²) in [5, 5.41) is 2.41. The molecule has 1 N–H and O–H groups in total. The number of hydrogen-bond donors (Lipinski definition) is 1. The summed E-state index contributed by atoms with van der Waals surface area (Å²) in [4.78, 5) is 26.8. The molecule has 1 unspecified atom stereocenters. The van der Waals surface area contributed by atoms with E-state index in [1.54, 1.807) is 6.33 Å². The van der Waals surface area contributed by atoms with Gasteiger partial charge in [0.1, 0.15) is 6.04 Å². The first-order chi connectivity index (χ1) is 8.60. The second-order valence-electron chi connectivity index (χ2n) is 3.61. The minimum atomic E-state index is -0.803. The van der Waals surface area contributed by atoms with Crippen molar-refractivity contribution in [3.05, 3.63) is 18.2 Å². The molecule has 0 bridgehead atoms. The Morgan fingerprint density at radius 1 is 1.44 bits per heavy atom. The Labute approximate surface area is 105 Å². The van der Waals surface area contributed by atoms with E-state index in [1.807, 2.05) is 17.7 Å². The number of carbonyl (C=O) groups is 2. The number of ether oxygens (including phenoxy) is 2. The highest BCUT2D eigenvalue weighted by Gasteiger charge is 2.23. The fourth-order valence-corrected chi connectivity index (χ4v) is 1.43. The van der Waals surface area contributed by atoms with E-state index in [1.165, 1.54) is 14.2 Å². The van der Waals surface area contributed by atoms with E-state index >= 15 is 0 Å². The molecule has 1 rings (SSSR count). The first-order valence-electron chi connectivity index (χ1n) is 5.53. The number of methoxy groups -OCH3 is 2. The zero-order valence-corrected chi connectivity index (χ0v) is 10.7. The lowest BCUT2D eigenvalue weighted by molar-refractivity contribution is -0.142. The second-order valence-corrected chi connectivity index (χ2v) is 3.61. The van der Waals surface area contributed by atoms with Gasteiger partial charge in [0.15, 0.2) is 0 Å². The number of imidazole rings is 1. The van der Waals surface area contributed by atoms with Crippen LogP contribution in [-0.4, -0.2) is 41.9 Å². The third-order valence-corrected chi connectivity index (χ3v) is 2.43. The molecule has 18 heavy (non-hydrogen) atoms. The highest BCUT2D eigenvalue weighted by molar-refractivity contribution is 5.81. The molecule has 0 aliphatic rings. The van der Waals surface area contributed by atoms with Crippen molar-refractivity contribution >= 4 is 12.1 Å². The minimum Gasteiger partial charge on any atom is -0.467 e. The van der Waals surface area contributed by atoms with E-state index in [9.17, 15) is 9.59 Å². The van der Waals surface area contributed by atoms with Gasteiger partial charge in [0.25, 0.3) is 0 Å². The third-order valence-electron chi connectivity index (χ3n) is 2.43. The number of esters is 1. The van der Waals surface area contributed by atoms with Gasteiger partial charge in [0, 0.05) is 19.2 Å². The van der Waals surface area contributed by atoms with Crippen molar-refractivity contribution in [1.82, 2.24) is 14.9 Å². The molecule has 7 heteroatoms. The fourth-order valence-electron chi connectivity index (χ4n) is 1.43. The lowest BCUT2D eigenvalue weighted by atomic mass is 10.1. The Balaban J connectivity index is 2.71. The van der Waals surface area contributed by atoms with Crippen LogP contribution in [0.15, 0.2) is 12.5 Å². The molecule has 1 atom stereocenters. The number of alkyl carbamates (subject to hydrolysis) is 1. The summed E-state index contributed by atoms with van der Waals surface area (Å²) in [7, 11) is 2.49. The van der Waals surface area contributed by atoms with Crippen LogP contribution in [0.2, 0.25) is 0 Å². The van der Waals surface area contributed by atoms with Gasteiger partial charge in [0.2, 0.25) is 0 Å². The quantitative estimate of drug-likeness (QED) is 0.767. The lowest BCUT2D eigenvalue weighted by Gasteiger charge is -2.14. The van der Waals surface area contributed by atoms with Gasteiger partial charge >= 0.3 is 12.1 Å². The molecule has 1 heterocycles. The average molecular weight is 255 g/mol. The maximum atomic E-state index is 11.5. The molecule has 7 nitrogen and oxygen atoms in total. The van der Waals surface area contributed by atoms with Gasteiger partial charge in [0.05, 0.1) is 26.2 Å². The molecule has 0 aromatic carbocycles. The van der Waals surface area contributed by atoms with Crippen LogP contribution >= 0.6 is 0 Å². The normalized spacial score (nSPS) is 11.7. The number of aryl methyl sites for hydroxylation is 1. The van der Waals surface area contributed by atoms with E-state index in [2.05, 4.69) is 19.8 Å². The number of rotatable bonds is 5. The van der Waals surface area contributed by atoms with E-state index in [-0.39, 0.29) is 6.42 Å². The summed E-state index contributed by atoms with van der Waals surface area (Å²) in [5.74, 6) is -0.536. The number of amides is 1. The Bertz CT molecular complexity index is 416. The molecule has 0 radical (unpaired) electrons. The highest BCUT2D eigenvalue weighted by Crippen LogP contribution is 2.03. The Kier molecular flexibility index (Phi) is 5.16. The summed E-state index contributed by atoms with van der Waals surface area (Å²) in [5.41, 5.74) is 0.698. The van der Waals surface area contributed by atoms with Crippen LogP contribution in [0.5, 0.6) is 0 Å². The maximum absolute atomic E-state index is 11.5. The smallest absolute Gasteiger partial charge is 0.407 e. The first-order valence-corrected chi connectivity index (χ1v) is 5.53. The number of carbonyl (C=O) groups excluding carboxylic acids is 2. The zero-order valence-electron chi connectivity index (χ0n) is 10.7. The predicted molar refractivity (Wildman–Crippen MR) is 62.9 cm³/mol. The highest BCUT2D eigenvalue weighted by atomic mass is 16.5. The molecule has 0 saturated carbocycles. The van der Waals surface area contributed by atoms with Crippen LogP contribution in [0.3, 0.4) is 0 Å².